The molecule has 1 atom stereocenters. The molecule has 1 saturated carbocycles. The first-order valence-electron chi connectivity index (χ1n) is 7.37. The van der Waals surface area contributed by atoms with Crippen LogP contribution in [0.4, 0.5) is 0 Å². The van der Waals surface area contributed by atoms with E-state index in [1.807, 2.05) is 0 Å². The summed E-state index contributed by atoms with van der Waals surface area (Å²) in [4.78, 5) is 23.3. The summed E-state index contributed by atoms with van der Waals surface area (Å²) in [5, 5.41) is 11.6. The summed E-state index contributed by atoms with van der Waals surface area (Å²) in [6.45, 7) is 3.42. The first-order chi connectivity index (χ1) is 10.7. The lowest BCUT2D eigenvalue weighted by Gasteiger charge is -2.14. The fourth-order valence-corrected chi connectivity index (χ4v) is 3.45. The summed E-state index contributed by atoms with van der Waals surface area (Å²) < 4.78 is 26.4. The smallest absolute Gasteiger partial charge is 0.326 e. The maximum atomic E-state index is 12.1. The predicted octanol–water partition coefficient (Wildman–Crippen LogP) is 0.966. The van der Waals surface area contributed by atoms with Gasteiger partial charge in [0.25, 0.3) is 5.91 Å². The number of carbonyl (C=O) groups is 2. The van der Waals surface area contributed by atoms with E-state index >= 15 is 0 Å². The molecular weight excluding hydrogens is 320 g/mol. The van der Waals surface area contributed by atoms with Gasteiger partial charge in [0.15, 0.2) is 0 Å². The van der Waals surface area contributed by atoms with Crippen LogP contribution in [0.2, 0.25) is 0 Å². The number of benzene rings is 1. The molecule has 0 aromatic heterocycles. The number of rotatable bonds is 7. The van der Waals surface area contributed by atoms with Gasteiger partial charge < -0.3 is 10.4 Å². The zero-order chi connectivity index (χ0) is 17.2. The third-order valence-corrected chi connectivity index (χ3v) is 5.14. The van der Waals surface area contributed by atoms with E-state index in [1.165, 1.54) is 24.3 Å². The predicted molar refractivity (Wildman–Crippen MR) is 83.5 cm³/mol. The standard InChI is InChI=1S/C15H20N2O5S/c1-9(2)17-23(21,22)12-7-5-11(6-8-12)14(18)16-13(15(19)20)10-3-4-10/h5-10,13,17H,3-4H2,1-2H3,(H,16,18)(H,19,20). The molecule has 126 valence electrons. The Morgan fingerprint density at radius 2 is 1.74 bits per heavy atom. The molecule has 8 heteroatoms. The number of sulfonamides is 1. The zero-order valence-corrected chi connectivity index (χ0v) is 13.8. The topological polar surface area (TPSA) is 113 Å². The van der Waals surface area contributed by atoms with Crippen molar-refractivity contribution in [2.24, 2.45) is 5.92 Å². The molecule has 0 heterocycles. The summed E-state index contributed by atoms with van der Waals surface area (Å²) in [5.74, 6) is -1.60. The van der Waals surface area contributed by atoms with Crippen LogP contribution in [0.5, 0.6) is 0 Å². The minimum absolute atomic E-state index is 0.0219. The highest BCUT2D eigenvalue weighted by molar-refractivity contribution is 7.89. The van der Waals surface area contributed by atoms with Crippen molar-refractivity contribution in [3.8, 4) is 0 Å². The Kier molecular flexibility index (Phi) is 5.06. The number of nitrogens with one attached hydrogen (secondary N) is 2. The molecule has 1 aromatic carbocycles. The van der Waals surface area contributed by atoms with Gasteiger partial charge in [0.2, 0.25) is 10.0 Å². The van der Waals surface area contributed by atoms with E-state index in [0.717, 1.165) is 12.8 Å². The molecule has 3 N–H and O–H groups in total. The molecule has 1 amide bonds. The Hall–Kier alpha value is -1.93. The monoisotopic (exact) mass is 340 g/mol. The van der Waals surface area contributed by atoms with Gasteiger partial charge in [-0.05, 0) is 56.9 Å². The number of aliphatic carboxylic acids is 1. The fourth-order valence-electron chi connectivity index (χ4n) is 2.20. The van der Waals surface area contributed by atoms with Crippen LogP contribution in [0.3, 0.4) is 0 Å². The van der Waals surface area contributed by atoms with E-state index in [4.69, 9.17) is 5.11 Å². The summed E-state index contributed by atoms with van der Waals surface area (Å²) >= 11 is 0. The number of carboxylic acid groups (broad SMARTS) is 1. The first-order valence-corrected chi connectivity index (χ1v) is 8.85. The second-order valence-corrected chi connectivity index (χ2v) is 7.64. The van der Waals surface area contributed by atoms with E-state index < -0.39 is 27.9 Å². The third-order valence-electron chi connectivity index (χ3n) is 3.46. The molecule has 1 aliphatic carbocycles. The summed E-state index contributed by atoms with van der Waals surface area (Å²) in [6.07, 6.45) is 1.57. The minimum Gasteiger partial charge on any atom is -0.480 e. The number of hydrogen-bond donors (Lipinski definition) is 3. The van der Waals surface area contributed by atoms with Gasteiger partial charge in [-0.25, -0.2) is 17.9 Å². The lowest BCUT2D eigenvalue weighted by atomic mass is 10.1. The molecule has 0 aliphatic heterocycles. The maximum absolute atomic E-state index is 12.1. The number of amides is 1. The Morgan fingerprint density at radius 1 is 1.17 bits per heavy atom. The van der Waals surface area contributed by atoms with Crippen molar-refractivity contribution in [2.45, 2.75) is 43.7 Å². The second kappa shape index (κ2) is 6.67. The van der Waals surface area contributed by atoms with Gasteiger partial charge >= 0.3 is 5.97 Å². The SMILES string of the molecule is CC(C)NS(=O)(=O)c1ccc(C(=O)NC(C(=O)O)C2CC2)cc1. The summed E-state index contributed by atoms with van der Waals surface area (Å²) in [5.41, 5.74) is 0.223. The highest BCUT2D eigenvalue weighted by atomic mass is 32.2. The fraction of sp³-hybridized carbons (Fsp3) is 0.467. The van der Waals surface area contributed by atoms with Crippen LogP contribution >= 0.6 is 0 Å². The van der Waals surface area contributed by atoms with Crippen LogP contribution < -0.4 is 10.0 Å². The molecule has 1 unspecified atom stereocenters. The lowest BCUT2D eigenvalue weighted by molar-refractivity contribution is -0.139. The molecule has 1 fully saturated rings. The van der Waals surface area contributed by atoms with Crippen molar-refractivity contribution in [3.63, 3.8) is 0 Å². The molecule has 0 saturated heterocycles. The van der Waals surface area contributed by atoms with Gasteiger partial charge in [-0.2, -0.15) is 0 Å². The van der Waals surface area contributed by atoms with Crippen LogP contribution in [-0.4, -0.2) is 37.5 Å². The summed E-state index contributed by atoms with van der Waals surface area (Å²) in [7, 11) is -3.62. The van der Waals surface area contributed by atoms with Crippen molar-refractivity contribution in [1.29, 1.82) is 0 Å². The first kappa shape index (κ1) is 17.4. The lowest BCUT2D eigenvalue weighted by Crippen LogP contribution is -2.42. The Balaban J connectivity index is 2.09. The number of carbonyl (C=O) groups excluding carboxylic acids is 1. The normalized spacial score (nSPS) is 16.1. The van der Waals surface area contributed by atoms with Crippen molar-refractivity contribution >= 4 is 21.9 Å². The van der Waals surface area contributed by atoms with E-state index in [-0.39, 0.29) is 22.4 Å². The Morgan fingerprint density at radius 3 is 2.17 bits per heavy atom. The highest BCUT2D eigenvalue weighted by Gasteiger charge is 2.37. The Bertz CT molecular complexity index is 693. The quantitative estimate of drug-likeness (QED) is 0.684. The average molecular weight is 340 g/mol. The van der Waals surface area contributed by atoms with E-state index in [1.54, 1.807) is 13.8 Å². The van der Waals surface area contributed by atoms with E-state index in [0.29, 0.717) is 0 Å². The van der Waals surface area contributed by atoms with Crippen LogP contribution in [0, 0.1) is 5.92 Å². The van der Waals surface area contributed by atoms with E-state index in [9.17, 15) is 18.0 Å². The van der Waals surface area contributed by atoms with Gasteiger partial charge in [0.1, 0.15) is 6.04 Å². The van der Waals surface area contributed by atoms with Crippen molar-refractivity contribution in [3.05, 3.63) is 29.8 Å². The second-order valence-electron chi connectivity index (χ2n) is 5.93. The van der Waals surface area contributed by atoms with Gasteiger partial charge in [-0.15, -0.1) is 0 Å². The molecule has 1 aliphatic rings. The van der Waals surface area contributed by atoms with Gasteiger partial charge in [0.05, 0.1) is 4.90 Å². The molecule has 23 heavy (non-hydrogen) atoms. The van der Waals surface area contributed by atoms with Crippen molar-refractivity contribution in [1.82, 2.24) is 10.0 Å². The number of carboxylic acids is 1. The van der Waals surface area contributed by atoms with Crippen molar-refractivity contribution in [2.75, 3.05) is 0 Å². The highest BCUT2D eigenvalue weighted by Crippen LogP contribution is 2.32. The zero-order valence-electron chi connectivity index (χ0n) is 12.9. The molecule has 1 aromatic rings. The van der Waals surface area contributed by atoms with Crippen LogP contribution in [0.25, 0.3) is 0 Å². The summed E-state index contributed by atoms with van der Waals surface area (Å²) in [6, 6.07) is 4.26. The van der Waals surface area contributed by atoms with Gasteiger partial charge in [-0.3, -0.25) is 4.79 Å². The van der Waals surface area contributed by atoms with Crippen LogP contribution in [0.15, 0.2) is 29.2 Å². The average Bonchev–Trinajstić information content (AvgIpc) is 3.27. The molecule has 0 spiro atoms. The van der Waals surface area contributed by atoms with Crippen molar-refractivity contribution < 1.29 is 23.1 Å². The van der Waals surface area contributed by atoms with Gasteiger partial charge in [0, 0.05) is 11.6 Å². The minimum atomic E-state index is -3.62. The van der Waals surface area contributed by atoms with Crippen LogP contribution in [-0.2, 0) is 14.8 Å². The molecular formula is C15H20N2O5S. The molecule has 0 bridgehead atoms. The maximum Gasteiger partial charge on any atom is 0.326 e. The molecule has 0 radical (unpaired) electrons. The third kappa shape index (κ3) is 4.52. The Labute approximate surface area is 135 Å². The van der Waals surface area contributed by atoms with Gasteiger partial charge in [-0.1, -0.05) is 0 Å². The van der Waals surface area contributed by atoms with Crippen LogP contribution in [0.1, 0.15) is 37.0 Å². The largest absolute Gasteiger partial charge is 0.480 e. The molecule has 2 rings (SSSR count). The van der Waals surface area contributed by atoms with E-state index in [2.05, 4.69) is 10.0 Å². The molecule has 7 nitrogen and oxygen atoms in total. The number of hydrogen-bond acceptors (Lipinski definition) is 4.